The monoisotopic (exact) mass is 659 g/mol. The number of likely N-dealkylation sites (tertiary alicyclic amines) is 1. The number of primary amides is 1. The molecule has 0 unspecified atom stereocenters. The molecule has 0 saturated carbocycles. The largest absolute Gasteiger partial charge is 0.482 e. The summed E-state index contributed by atoms with van der Waals surface area (Å²) in [4.78, 5) is 39.0. The van der Waals surface area contributed by atoms with Crippen LogP contribution in [0.5, 0.6) is 5.75 Å². The van der Waals surface area contributed by atoms with Gasteiger partial charge in [0, 0.05) is 30.1 Å². The van der Waals surface area contributed by atoms with Crippen LogP contribution in [0.1, 0.15) is 61.4 Å². The summed E-state index contributed by atoms with van der Waals surface area (Å²) >= 11 is 0. The molecule has 252 valence electrons. The van der Waals surface area contributed by atoms with Crippen molar-refractivity contribution in [2.75, 3.05) is 37.8 Å². The van der Waals surface area contributed by atoms with Crippen molar-refractivity contribution in [1.82, 2.24) is 24.6 Å². The number of nitrogens with two attached hydrogens (primary N) is 1. The van der Waals surface area contributed by atoms with E-state index in [2.05, 4.69) is 30.7 Å². The van der Waals surface area contributed by atoms with Crippen molar-refractivity contribution in [1.29, 1.82) is 0 Å². The molecule has 7 rings (SSSR count). The number of ether oxygens (including phenoxy) is 2. The van der Waals surface area contributed by atoms with Gasteiger partial charge >= 0.3 is 0 Å². The number of piperidine rings is 1. The molecule has 3 aliphatic heterocycles. The van der Waals surface area contributed by atoms with Crippen molar-refractivity contribution in [3.8, 4) is 16.9 Å². The van der Waals surface area contributed by atoms with E-state index in [-0.39, 0.29) is 30.8 Å². The molecule has 2 atom stereocenters. The van der Waals surface area contributed by atoms with Gasteiger partial charge < -0.3 is 15.2 Å². The molecule has 2 N–H and O–H groups in total. The van der Waals surface area contributed by atoms with Gasteiger partial charge in [0.15, 0.2) is 12.3 Å². The van der Waals surface area contributed by atoms with Crippen LogP contribution in [0.15, 0.2) is 36.7 Å². The van der Waals surface area contributed by atoms with E-state index in [4.69, 9.17) is 25.3 Å². The van der Waals surface area contributed by atoms with Crippen LogP contribution >= 0.6 is 0 Å². The van der Waals surface area contributed by atoms with Gasteiger partial charge in [-0.1, -0.05) is 33.3 Å². The van der Waals surface area contributed by atoms with Crippen molar-refractivity contribution >= 4 is 28.5 Å². The lowest BCUT2D eigenvalue weighted by Gasteiger charge is -2.44. The first-order valence-electron chi connectivity index (χ1n) is 16.5. The normalized spacial score (nSPS) is 20.2. The van der Waals surface area contributed by atoms with Crippen LogP contribution in [0.25, 0.3) is 22.2 Å². The Morgan fingerprint density at radius 3 is 2.65 bits per heavy atom. The molecule has 2 amide bonds. The number of rotatable bonds is 9. The molecule has 48 heavy (non-hydrogen) atoms. The Morgan fingerprint density at radius 2 is 1.96 bits per heavy atom. The number of fused-ring (bicyclic) bond motifs is 2. The molecule has 0 spiro atoms. The van der Waals surface area contributed by atoms with Crippen LogP contribution in [0.3, 0.4) is 0 Å². The van der Waals surface area contributed by atoms with Crippen LogP contribution in [-0.4, -0.2) is 75.4 Å². The maximum atomic E-state index is 14.5. The number of benzene rings is 1. The lowest BCUT2D eigenvalue weighted by atomic mass is 9.88. The summed E-state index contributed by atoms with van der Waals surface area (Å²) in [5, 5.41) is 5.60. The van der Waals surface area contributed by atoms with Crippen molar-refractivity contribution in [3.63, 3.8) is 0 Å². The molecule has 0 bridgehead atoms. The third kappa shape index (κ3) is 5.79. The van der Waals surface area contributed by atoms with E-state index >= 15 is 0 Å². The zero-order valence-corrected chi connectivity index (χ0v) is 27.3. The Balaban J connectivity index is 1.32. The Morgan fingerprint density at radius 1 is 1.15 bits per heavy atom. The Bertz CT molecular complexity index is 1890. The van der Waals surface area contributed by atoms with E-state index in [1.54, 1.807) is 24.4 Å². The molecule has 0 radical (unpaired) electrons. The maximum Gasteiger partial charge on any atom is 0.265 e. The fraction of sp³-hybridized carbons (Fsp3) is 0.457. The van der Waals surface area contributed by atoms with E-state index in [0.29, 0.717) is 63.2 Å². The average molecular weight is 660 g/mol. The molecule has 13 heteroatoms. The summed E-state index contributed by atoms with van der Waals surface area (Å²) in [6, 6.07) is 6.58. The highest BCUT2D eigenvalue weighted by atomic mass is 19.1. The minimum Gasteiger partial charge on any atom is -0.482 e. The quantitative estimate of drug-likeness (QED) is 0.275. The number of hydrogen-bond donors (Lipinski definition) is 1. The summed E-state index contributed by atoms with van der Waals surface area (Å²) < 4.78 is 41.4. The molecule has 11 nitrogen and oxygen atoms in total. The van der Waals surface area contributed by atoms with Crippen molar-refractivity contribution < 1.29 is 27.8 Å². The number of hydrogen-bond acceptors (Lipinski definition) is 8. The highest BCUT2D eigenvalue weighted by molar-refractivity contribution is 6.09. The van der Waals surface area contributed by atoms with Crippen LogP contribution in [0, 0.1) is 23.5 Å². The summed E-state index contributed by atoms with van der Waals surface area (Å²) in [7, 11) is 0. The zero-order valence-electron chi connectivity index (χ0n) is 27.3. The first-order chi connectivity index (χ1) is 23.1. The van der Waals surface area contributed by atoms with Gasteiger partial charge in [0.05, 0.1) is 66.9 Å². The first kappa shape index (κ1) is 32.1. The lowest BCUT2D eigenvalue weighted by Crippen LogP contribution is -2.54. The Kier molecular flexibility index (Phi) is 8.58. The van der Waals surface area contributed by atoms with Crippen LogP contribution in [0.4, 0.5) is 14.5 Å². The maximum absolute atomic E-state index is 14.5. The predicted octanol–water partition coefficient (Wildman–Crippen LogP) is 4.67. The second kappa shape index (κ2) is 12.8. The number of amides is 2. The van der Waals surface area contributed by atoms with E-state index in [1.165, 1.54) is 4.90 Å². The summed E-state index contributed by atoms with van der Waals surface area (Å²) in [6.07, 6.45) is 5.11. The van der Waals surface area contributed by atoms with Gasteiger partial charge in [-0.05, 0) is 42.4 Å². The second-order valence-corrected chi connectivity index (χ2v) is 13.3. The Hall–Kier alpha value is -4.49. The summed E-state index contributed by atoms with van der Waals surface area (Å²) in [5.74, 6) is -1.72. The molecule has 0 aliphatic carbocycles. The minimum atomic E-state index is -0.847. The smallest absolute Gasteiger partial charge is 0.265 e. The molecule has 3 aromatic heterocycles. The molecule has 6 heterocycles. The number of carbonyl (C=O) groups excluding carboxylic acids is 2. The fourth-order valence-corrected chi connectivity index (χ4v) is 7.23. The Labute approximate surface area is 277 Å². The van der Waals surface area contributed by atoms with Gasteiger partial charge in [0.1, 0.15) is 17.4 Å². The second-order valence-electron chi connectivity index (χ2n) is 13.3. The van der Waals surface area contributed by atoms with Gasteiger partial charge in [0.2, 0.25) is 0 Å². The van der Waals surface area contributed by atoms with Gasteiger partial charge in [-0.3, -0.25) is 24.4 Å². The summed E-state index contributed by atoms with van der Waals surface area (Å²) in [6.45, 7) is 9.31. The van der Waals surface area contributed by atoms with E-state index in [1.807, 2.05) is 4.68 Å². The minimum absolute atomic E-state index is 0.0727. The van der Waals surface area contributed by atoms with E-state index in [9.17, 15) is 18.4 Å². The van der Waals surface area contributed by atoms with E-state index < -0.39 is 23.4 Å². The number of halogens is 2. The highest BCUT2D eigenvalue weighted by Crippen LogP contribution is 2.42. The molecule has 2 saturated heterocycles. The molecular formula is C35H39F2N7O4. The van der Waals surface area contributed by atoms with Gasteiger partial charge in [-0.25, -0.2) is 18.4 Å². The van der Waals surface area contributed by atoms with Crippen LogP contribution < -0.4 is 15.4 Å². The number of carbonyl (C=O) groups is 2. The topological polar surface area (TPSA) is 129 Å². The third-order valence-corrected chi connectivity index (χ3v) is 9.75. The number of aromatic nitrogens is 4. The first-order valence-corrected chi connectivity index (χ1v) is 16.5. The predicted molar refractivity (Wildman–Crippen MR) is 174 cm³/mol. The fourth-order valence-electron chi connectivity index (χ4n) is 7.23. The number of anilines is 1. The average Bonchev–Trinajstić information content (AvgIpc) is 3.44. The third-order valence-electron chi connectivity index (χ3n) is 9.75. The number of nitrogens with zero attached hydrogens (tertiary/aromatic N) is 6. The molecular weight excluding hydrogens is 620 g/mol. The molecule has 2 fully saturated rings. The lowest BCUT2D eigenvalue weighted by molar-refractivity contribution is -0.121. The van der Waals surface area contributed by atoms with Crippen molar-refractivity contribution in [3.05, 3.63) is 65.2 Å². The molecule has 4 aromatic rings. The van der Waals surface area contributed by atoms with Crippen molar-refractivity contribution in [2.45, 2.75) is 58.7 Å². The van der Waals surface area contributed by atoms with Gasteiger partial charge in [0.25, 0.3) is 11.8 Å². The summed E-state index contributed by atoms with van der Waals surface area (Å²) in [5.41, 5.74) is 9.29. The zero-order chi connectivity index (χ0) is 33.7. The van der Waals surface area contributed by atoms with Crippen LogP contribution in [0.2, 0.25) is 0 Å². The molecule has 1 aromatic carbocycles. The SMILES string of the molecule is CC[C@H]1CN(C2COC2)CC[C@@H]1n1ncc2c(-c3ccc4c(c3)OCC(=O)N4Cc3ncc(F)cc3F)c(C(N)=O)c(CC(C)C)nc21. The number of pyridine rings is 2. The molecule has 3 aliphatic rings. The van der Waals surface area contributed by atoms with E-state index in [0.717, 1.165) is 51.4 Å². The van der Waals surface area contributed by atoms with Gasteiger partial charge in [-0.2, -0.15) is 5.10 Å². The van der Waals surface area contributed by atoms with Crippen molar-refractivity contribution in [2.24, 2.45) is 17.6 Å². The highest BCUT2D eigenvalue weighted by Gasteiger charge is 2.37. The van der Waals surface area contributed by atoms with Crippen LogP contribution in [-0.2, 0) is 22.5 Å². The standard InChI is InChI=1S/C35H39F2N7O4/c1-4-20-14-42(23-16-47-17-23)8-7-28(20)44-35-24(13-40-44)32(33(34(38)46)26(41-35)9-19(2)3)21-5-6-29-30(10-21)48-18-31(45)43(29)15-27-25(37)11-22(36)12-39-27/h5-6,10-13,19-20,23,28H,4,7-9,14-18H2,1-3H3,(H2,38,46)/t20-,28-/m0/s1. The van der Waals surface area contributed by atoms with Gasteiger partial charge in [-0.15, -0.1) is 0 Å².